The van der Waals surface area contributed by atoms with Gasteiger partial charge in [0, 0.05) is 6.04 Å². The molecule has 1 rings (SSSR count). The summed E-state index contributed by atoms with van der Waals surface area (Å²) in [5.41, 5.74) is 3.10. The standard InChI is InChI=1S/C8H15N/c1-6-4-5-9-8(3)7(6)2/h8-9H,4-5H2,1-3H3. The summed E-state index contributed by atoms with van der Waals surface area (Å²) in [6.07, 6.45) is 1.23. The summed E-state index contributed by atoms with van der Waals surface area (Å²) in [5, 5.41) is 3.40. The lowest BCUT2D eigenvalue weighted by Crippen LogP contribution is -2.32. The van der Waals surface area contributed by atoms with Gasteiger partial charge in [-0.3, -0.25) is 0 Å². The third kappa shape index (κ3) is 1.33. The maximum atomic E-state index is 3.40. The number of hydrogen-bond acceptors (Lipinski definition) is 1. The molecule has 0 spiro atoms. The molecule has 0 bridgehead atoms. The molecule has 0 saturated heterocycles. The number of rotatable bonds is 0. The summed E-state index contributed by atoms with van der Waals surface area (Å²) in [5.74, 6) is 0. The monoisotopic (exact) mass is 125 g/mol. The summed E-state index contributed by atoms with van der Waals surface area (Å²) in [6, 6.07) is 0.610. The van der Waals surface area contributed by atoms with Crippen molar-refractivity contribution in [2.24, 2.45) is 0 Å². The van der Waals surface area contributed by atoms with E-state index in [2.05, 4.69) is 26.1 Å². The van der Waals surface area contributed by atoms with Crippen LogP contribution in [0.5, 0.6) is 0 Å². The number of nitrogens with one attached hydrogen (secondary N) is 1. The van der Waals surface area contributed by atoms with Gasteiger partial charge < -0.3 is 5.32 Å². The molecule has 1 heteroatoms. The van der Waals surface area contributed by atoms with Crippen molar-refractivity contribution in [1.29, 1.82) is 0 Å². The van der Waals surface area contributed by atoms with E-state index in [-0.39, 0.29) is 0 Å². The Morgan fingerprint density at radius 1 is 1.44 bits per heavy atom. The third-order valence-corrected chi connectivity index (χ3v) is 2.27. The van der Waals surface area contributed by atoms with Gasteiger partial charge in [0.25, 0.3) is 0 Å². The zero-order valence-corrected chi connectivity index (χ0v) is 6.49. The molecule has 0 aromatic heterocycles. The van der Waals surface area contributed by atoms with Crippen LogP contribution >= 0.6 is 0 Å². The largest absolute Gasteiger partial charge is 0.310 e. The van der Waals surface area contributed by atoms with Gasteiger partial charge in [0.2, 0.25) is 0 Å². The average molecular weight is 125 g/mol. The van der Waals surface area contributed by atoms with Crippen LogP contribution in [0.4, 0.5) is 0 Å². The maximum absolute atomic E-state index is 3.40. The smallest absolute Gasteiger partial charge is 0.0251 e. The Labute approximate surface area is 57.1 Å². The van der Waals surface area contributed by atoms with Crippen molar-refractivity contribution >= 4 is 0 Å². The zero-order valence-electron chi connectivity index (χ0n) is 6.49. The Kier molecular flexibility index (Phi) is 1.91. The lowest BCUT2D eigenvalue weighted by atomic mass is 9.98. The van der Waals surface area contributed by atoms with Crippen molar-refractivity contribution in [2.45, 2.75) is 33.2 Å². The SMILES string of the molecule is CC1=C(C)C(C)NCC1. The molecule has 0 radical (unpaired) electrons. The van der Waals surface area contributed by atoms with Crippen molar-refractivity contribution in [1.82, 2.24) is 5.32 Å². The molecule has 1 N–H and O–H groups in total. The molecule has 1 nitrogen and oxygen atoms in total. The Morgan fingerprint density at radius 3 is 2.56 bits per heavy atom. The average Bonchev–Trinajstić information content (AvgIpc) is 1.83. The van der Waals surface area contributed by atoms with Gasteiger partial charge in [-0.2, -0.15) is 0 Å². The fourth-order valence-electron chi connectivity index (χ4n) is 1.20. The molecule has 9 heavy (non-hydrogen) atoms. The summed E-state index contributed by atoms with van der Waals surface area (Å²) in [7, 11) is 0. The first kappa shape index (κ1) is 6.81. The Morgan fingerprint density at radius 2 is 2.11 bits per heavy atom. The first-order valence-electron chi connectivity index (χ1n) is 3.61. The maximum Gasteiger partial charge on any atom is 0.0251 e. The predicted octanol–water partition coefficient (Wildman–Crippen LogP) is 1.70. The molecule has 0 aromatic carbocycles. The lowest BCUT2D eigenvalue weighted by molar-refractivity contribution is 0.567. The van der Waals surface area contributed by atoms with E-state index < -0.39 is 0 Å². The fraction of sp³-hybridized carbons (Fsp3) is 0.750. The van der Waals surface area contributed by atoms with Gasteiger partial charge in [-0.25, -0.2) is 0 Å². The summed E-state index contributed by atoms with van der Waals surface area (Å²) in [6.45, 7) is 7.82. The highest BCUT2D eigenvalue weighted by Gasteiger charge is 2.10. The Hall–Kier alpha value is -0.300. The van der Waals surface area contributed by atoms with Gasteiger partial charge in [-0.1, -0.05) is 11.1 Å². The zero-order chi connectivity index (χ0) is 6.85. The highest BCUT2D eigenvalue weighted by molar-refractivity contribution is 5.18. The van der Waals surface area contributed by atoms with Gasteiger partial charge in [0.1, 0.15) is 0 Å². The molecule has 0 saturated carbocycles. The van der Waals surface area contributed by atoms with E-state index in [1.165, 1.54) is 12.0 Å². The van der Waals surface area contributed by atoms with E-state index in [4.69, 9.17) is 0 Å². The molecule has 52 valence electrons. The van der Waals surface area contributed by atoms with Crippen LogP contribution in [-0.2, 0) is 0 Å². The van der Waals surface area contributed by atoms with Crippen LogP contribution in [0.1, 0.15) is 27.2 Å². The van der Waals surface area contributed by atoms with Crippen LogP contribution in [0.3, 0.4) is 0 Å². The highest BCUT2D eigenvalue weighted by Crippen LogP contribution is 2.15. The van der Waals surface area contributed by atoms with Gasteiger partial charge >= 0.3 is 0 Å². The van der Waals surface area contributed by atoms with Crippen molar-refractivity contribution in [2.75, 3.05) is 6.54 Å². The van der Waals surface area contributed by atoms with Crippen LogP contribution in [0.15, 0.2) is 11.1 Å². The minimum absolute atomic E-state index is 0.610. The van der Waals surface area contributed by atoms with Crippen molar-refractivity contribution < 1.29 is 0 Å². The lowest BCUT2D eigenvalue weighted by Gasteiger charge is -2.22. The number of hydrogen-bond donors (Lipinski definition) is 1. The molecule has 0 aliphatic carbocycles. The van der Waals surface area contributed by atoms with Crippen molar-refractivity contribution in [3.63, 3.8) is 0 Å². The van der Waals surface area contributed by atoms with Crippen molar-refractivity contribution in [3.8, 4) is 0 Å². The van der Waals surface area contributed by atoms with Crippen molar-refractivity contribution in [3.05, 3.63) is 11.1 Å². The van der Waals surface area contributed by atoms with Crippen LogP contribution in [0.25, 0.3) is 0 Å². The minimum atomic E-state index is 0.610. The first-order chi connectivity index (χ1) is 4.22. The van der Waals surface area contributed by atoms with Crippen LogP contribution in [0.2, 0.25) is 0 Å². The van der Waals surface area contributed by atoms with E-state index in [1.807, 2.05) is 0 Å². The van der Waals surface area contributed by atoms with Gasteiger partial charge in [-0.15, -0.1) is 0 Å². The predicted molar refractivity (Wildman–Crippen MR) is 40.5 cm³/mol. The Balaban J connectivity index is 2.72. The van der Waals surface area contributed by atoms with E-state index in [9.17, 15) is 0 Å². The minimum Gasteiger partial charge on any atom is -0.310 e. The van der Waals surface area contributed by atoms with E-state index in [0.717, 1.165) is 6.54 Å². The summed E-state index contributed by atoms with van der Waals surface area (Å²) >= 11 is 0. The molecule has 0 aromatic rings. The van der Waals surface area contributed by atoms with Gasteiger partial charge in [0.15, 0.2) is 0 Å². The highest BCUT2D eigenvalue weighted by atomic mass is 14.9. The quantitative estimate of drug-likeness (QED) is 0.486. The first-order valence-corrected chi connectivity index (χ1v) is 3.61. The van der Waals surface area contributed by atoms with E-state index in [0.29, 0.717) is 6.04 Å². The van der Waals surface area contributed by atoms with Crippen LogP contribution in [-0.4, -0.2) is 12.6 Å². The van der Waals surface area contributed by atoms with E-state index in [1.54, 1.807) is 5.57 Å². The second-order valence-electron chi connectivity index (χ2n) is 2.89. The topological polar surface area (TPSA) is 12.0 Å². The molecular weight excluding hydrogens is 110 g/mol. The second-order valence-corrected chi connectivity index (χ2v) is 2.89. The van der Waals surface area contributed by atoms with Gasteiger partial charge in [-0.05, 0) is 33.7 Å². The van der Waals surface area contributed by atoms with Crippen LogP contribution in [0, 0.1) is 0 Å². The molecule has 0 fully saturated rings. The molecular formula is C8H15N. The normalized spacial score (nSPS) is 29.0. The summed E-state index contributed by atoms with van der Waals surface area (Å²) < 4.78 is 0. The summed E-state index contributed by atoms with van der Waals surface area (Å²) in [4.78, 5) is 0. The Bertz CT molecular complexity index is 136. The fourth-order valence-corrected chi connectivity index (χ4v) is 1.20. The molecule has 1 aliphatic heterocycles. The van der Waals surface area contributed by atoms with Gasteiger partial charge in [0.05, 0.1) is 0 Å². The molecule has 0 amide bonds. The third-order valence-electron chi connectivity index (χ3n) is 2.27. The molecule has 1 atom stereocenters. The second kappa shape index (κ2) is 2.53. The van der Waals surface area contributed by atoms with E-state index >= 15 is 0 Å². The molecule has 1 unspecified atom stereocenters. The molecule has 1 aliphatic rings. The molecule has 1 heterocycles. The van der Waals surface area contributed by atoms with Crippen LogP contribution < -0.4 is 5.32 Å².